The summed E-state index contributed by atoms with van der Waals surface area (Å²) in [7, 11) is 0. The van der Waals surface area contributed by atoms with Crippen LogP contribution in [0.2, 0.25) is 0 Å². The third kappa shape index (κ3) is 2.77. The van der Waals surface area contributed by atoms with Gasteiger partial charge in [0.05, 0.1) is 5.39 Å². The van der Waals surface area contributed by atoms with Gasteiger partial charge in [0.2, 0.25) is 0 Å². The molecule has 20 heavy (non-hydrogen) atoms. The van der Waals surface area contributed by atoms with Crippen molar-refractivity contribution in [2.45, 2.75) is 45.3 Å². The minimum absolute atomic E-state index is 0.0540. The zero-order chi connectivity index (χ0) is 14.9. The molecule has 0 amide bonds. The van der Waals surface area contributed by atoms with Crippen molar-refractivity contribution in [1.29, 1.82) is 0 Å². The molecule has 0 aliphatic rings. The summed E-state index contributed by atoms with van der Waals surface area (Å²) in [5.41, 5.74) is 1.10. The lowest BCUT2D eigenvalue weighted by Crippen LogP contribution is -2.25. The minimum Gasteiger partial charge on any atom is -0.396 e. The number of thioether (sulfide) groups is 1. The highest BCUT2D eigenvalue weighted by atomic mass is 32.2. The third-order valence-corrected chi connectivity index (χ3v) is 5.39. The zero-order valence-corrected chi connectivity index (χ0v) is 13.9. The molecular weight excluding hydrogens is 292 g/mol. The van der Waals surface area contributed by atoms with Crippen LogP contribution in [0.5, 0.6) is 0 Å². The molecule has 110 valence electrons. The molecule has 0 saturated heterocycles. The normalized spacial score (nSPS) is 11.7. The number of fused-ring (bicyclic) bond motifs is 1. The Morgan fingerprint density at radius 1 is 1.40 bits per heavy atom. The number of nitrogens with zero attached hydrogens (tertiary/aromatic N) is 2. The molecule has 4 nitrogen and oxygen atoms in total. The van der Waals surface area contributed by atoms with E-state index < -0.39 is 0 Å². The van der Waals surface area contributed by atoms with Crippen molar-refractivity contribution in [3.63, 3.8) is 0 Å². The summed E-state index contributed by atoms with van der Waals surface area (Å²) in [5, 5.41) is 10.4. The van der Waals surface area contributed by atoms with Crippen LogP contribution in [0.3, 0.4) is 0 Å². The number of aryl methyl sites for hydroxylation is 2. The van der Waals surface area contributed by atoms with Gasteiger partial charge in [-0.2, -0.15) is 0 Å². The Bertz CT molecular complexity index is 674. The molecule has 0 radical (unpaired) electrons. The van der Waals surface area contributed by atoms with Crippen LogP contribution in [0, 0.1) is 13.8 Å². The Morgan fingerprint density at radius 2 is 2.10 bits per heavy atom. The number of hydrogen-bond donors (Lipinski definition) is 1. The highest BCUT2D eigenvalue weighted by molar-refractivity contribution is 7.99. The first-order valence-corrected chi connectivity index (χ1v) is 8.53. The Hall–Kier alpha value is -0.850. The maximum Gasteiger partial charge on any atom is 0.263 e. The Balaban J connectivity index is 2.61. The fourth-order valence-corrected chi connectivity index (χ4v) is 4.20. The van der Waals surface area contributed by atoms with E-state index in [1.54, 1.807) is 27.7 Å². The van der Waals surface area contributed by atoms with Gasteiger partial charge in [-0.05, 0) is 39.7 Å². The summed E-state index contributed by atoms with van der Waals surface area (Å²) in [6.07, 6.45) is 0.708. The Labute approximate surface area is 126 Å². The highest BCUT2D eigenvalue weighted by Gasteiger charge is 2.18. The van der Waals surface area contributed by atoms with Gasteiger partial charge in [0, 0.05) is 23.3 Å². The first-order chi connectivity index (χ1) is 9.47. The fraction of sp³-hybridized carbons (Fsp3) is 0.571. The monoisotopic (exact) mass is 312 g/mol. The van der Waals surface area contributed by atoms with Gasteiger partial charge in [0.1, 0.15) is 4.83 Å². The predicted molar refractivity (Wildman–Crippen MR) is 86.2 cm³/mol. The van der Waals surface area contributed by atoms with E-state index in [4.69, 9.17) is 5.11 Å². The van der Waals surface area contributed by atoms with Crippen LogP contribution in [0.1, 0.15) is 36.8 Å². The topological polar surface area (TPSA) is 55.1 Å². The number of aromatic nitrogens is 2. The largest absolute Gasteiger partial charge is 0.396 e. The SMILES string of the molecule is Cc1sc2nc(SCCCO)n(C(C)C)c(=O)c2c1C. The van der Waals surface area contributed by atoms with E-state index >= 15 is 0 Å². The molecule has 0 unspecified atom stereocenters. The zero-order valence-electron chi connectivity index (χ0n) is 12.3. The lowest BCUT2D eigenvalue weighted by molar-refractivity contribution is 0.296. The second-order valence-corrected chi connectivity index (χ2v) is 7.32. The second kappa shape index (κ2) is 6.28. The van der Waals surface area contributed by atoms with Gasteiger partial charge in [-0.1, -0.05) is 11.8 Å². The van der Waals surface area contributed by atoms with Crippen LogP contribution in [0.25, 0.3) is 10.2 Å². The minimum atomic E-state index is 0.0540. The van der Waals surface area contributed by atoms with E-state index in [1.807, 2.05) is 27.7 Å². The van der Waals surface area contributed by atoms with Crippen molar-refractivity contribution in [3.05, 3.63) is 20.8 Å². The summed E-state index contributed by atoms with van der Waals surface area (Å²) in [6.45, 7) is 8.18. The van der Waals surface area contributed by atoms with Crippen molar-refractivity contribution in [1.82, 2.24) is 9.55 Å². The predicted octanol–water partition coefficient (Wildman–Crippen LogP) is 3.13. The first kappa shape index (κ1) is 15.5. The van der Waals surface area contributed by atoms with Crippen molar-refractivity contribution >= 4 is 33.3 Å². The van der Waals surface area contributed by atoms with E-state index in [2.05, 4.69) is 4.98 Å². The molecule has 2 aromatic heterocycles. The molecular formula is C14H20N2O2S2. The van der Waals surface area contributed by atoms with Gasteiger partial charge < -0.3 is 5.11 Å². The molecule has 0 spiro atoms. The van der Waals surface area contributed by atoms with Crippen LogP contribution < -0.4 is 5.56 Å². The van der Waals surface area contributed by atoms with Crippen LogP contribution in [0.4, 0.5) is 0 Å². The summed E-state index contributed by atoms with van der Waals surface area (Å²) < 4.78 is 1.77. The fourth-order valence-electron chi connectivity index (χ4n) is 2.07. The molecule has 2 aromatic rings. The van der Waals surface area contributed by atoms with Crippen LogP contribution in [-0.4, -0.2) is 27.0 Å². The summed E-state index contributed by atoms with van der Waals surface area (Å²) >= 11 is 3.12. The van der Waals surface area contributed by atoms with Crippen LogP contribution in [-0.2, 0) is 0 Å². The quantitative estimate of drug-likeness (QED) is 0.523. The van der Waals surface area contributed by atoms with E-state index in [0.29, 0.717) is 6.42 Å². The van der Waals surface area contributed by atoms with Crippen molar-refractivity contribution in [2.75, 3.05) is 12.4 Å². The molecule has 0 aliphatic heterocycles. The van der Waals surface area contributed by atoms with Crippen molar-refractivity contribution in [2.24, 2.45) is 0 Å². The lowest BCUT2D eigenvalue weighted by Gasteiger charge is -2.15. The van der Waals surface area contributed by atoms with Gasteiger partial charge in [-0.25, -0.2) is 4.98 Å². The number of aliphatic hydroxyl groups excluding tert-OH is 1. The van der Waals surface area contributed by atoms with E-state index in [0.717, 1.165) is 31.6 Å². The molecule has 0 fully saturated rings. The average Bonchev–Trinajstić information content (AvgIpc) is 2.65. The summed E-state index contributed by atoms with van der Waals surface area (Å²) in [6, 6.07) is 0.0793. The van der Waals surface area contributed by atoms with Crippen molar-refractivity contribution in [3.8, 4) is 0 Å². The molecule has 0 atom stereocenters. The first-order valence-electron chi connectivity index (χ1n) is 6.73. The van der Waals surface area contributed by atoms with Gasteiger partial charge in [0.25, 0.3) is 5.56 Å². The van der Waals surface area contributed by atoms with Crippen molar-refractivity contribution < 1.29 is 5.11 Å². The molecule has 1 N–H and O–H groups in total. The van der Waals surface area contributed by atoms with Crippen LogP contribution in [0.15, 0.2) is 9.95 Å². The number of rotatable bonds is 5. The third-order valence-electron chi connectivity index (χ3n) is 3.25. The molecule has 0 aliphatic carbocycles. The van der Waals surface area contributed by atoms with Gasteiger partial charge in [-0.15, -0.1) is 11.3 Å². The molecule has 2 rings (SSSR count). The average molecular weight is 312 g/mol. The number of thiophene rings is 1. The molecule has 0 aromatic carbocycles. The van der Waals surface area contributed by atoms with Crippen LogP contribution >= 0.6 is 23.1 Å². The number of hydrogen-bond acceptors (Lipinski definition) is 5. The van der Waals surface area contributed by atoms with E-state index in [1.165, 1.54) is 0 Å². The maximum atomic E-state index is 12.7. The Morgan fingerprint density at radius 3 is 2.70 bits per heavy atom. The standard InChI is InChI=1S/C14H20N2O2S2/c1-8(2)16-13(18)11-9(3)10(4)20-12(11)15-14(16)19-7-5-6-17/h8,17H,5-7H2,1-4H3. The second-order valence-electron chi connectivity index (χ2n) is 5.05. The molecule has 0 bridgehead atoms. The summed E-state index contributed by atoms with van der Waals surface area (Å²) in [4.78, 5) is 19.4. The molecule has 0 saturated carbocycles. The lowest BCUT2D eigenvalue weighted by atomic mass is 10.2. The van der Waals surface area contributed by atoms with Gasteiger partial charge in [0.15, 0.2) is 5.16 Å². The van der Waals surface area contributed by atoms with Gasteiger partial charge >= 0.3 is 0 Å². The Kier molecular flexibility index (Phi) is 4.88. The summed E-state index contributed by atoms with van der Waals surface area (Å²) in [5.74, 6) is 0.768. The maximum absolute atomic E-state index is 12.7. The molecule has 6 heteroatoms. The van der Waals surface area contributed by atoms with E-state index in [9.17, 15) is 4.79 Å². The number of aliphatic hydroxyl groups is 1. The molecule has 2 heterocycles. The smallest absolute Gasteiger partial charge is 0.263 e. The highest BCUT2D eigenvalue weighted by Crippen LogP contribution is 2.29. The van der Waals surface area contributed by atoms with Gasteiger partial charge in [-0.3, -0.25) is 9.36 Å². The van der Waals surface area contributed by atoms with E-state index in [-0.39, 0.29) is 18.2 Å².